The number of hydrogen-bond acceptors (Lipinski definition) is 4. The summed E-state index contributed by atoms with van der Waals surface area (Å²) >= 11 is 0. The highest BCUT2D eigenvalue weighted by Gasteiger charge is 2.33. The lowest BCUT2D eigenvalue weighted by molar-refractivity contribution is -0.136. The highest BCUT2D eigenvalue weighted by Crippen LogP contribution is 2.23. The van der Waals surface area contributed by atoms with E-state index < -0.39 is 6.04 Å². The van der Waals surface area contributed by atoms with Gasteiger partial charge in [-0.25, -0.2) is 0 Å². The van der Waals surface area contributed by atoms with E-state index in [9.17, 15) is 4.79 Å². The van der Waals surface area contributed by atoms with Crippen LogP contribution >= 0.6 is 0 Å². The van der Waals surface area contributed by atoms with E-state index >= 15 is 0 Å². The van der Waals surface area contributed by atoms with Gasteiger partial charge in [0.15, 0.2) is 0 Å². The molecule has 0 aliphatic carbocycles. The van der Waals surface area contributed by atoms with Crippen LogP contribution in [0.5, 0.6) is 0 Å². The van der Waals surface area contributed by atoms with E-state index in [0.717, 1.165) is 25.2 Å². The monoisotopic (exact) mass is 277 g/mol. The quantitative estimate of drug-likeness (QED) is 0.833. The highest BCUT2D eigenvalue weighted by molar-refractivity contribution is 5.83. The molecule has 2 aliphatic heterocycles. The second kappa shape index (κ2) is 5.54. The highest BCUT2D eigenvalue weighted by atomic mass is 16.2. The van der Waals surface area contributed by atoms with Crippen molar-refractivity contribution in [3.05, 3.63) is 18.0 Å². The Kier molecular flexibility index (Phi) is 3.76. The van der Waals surface area contributed by atoms with Gasteiger partial charge in [-0.3, -0.25) is 14.4 Å². The fourth-order valence-corrected chi connectivity index (χ4v) is 3.30. The molecule has 1 amide bonds. The summed E-state index contributed by atoms with van der Waals surface area (Å²) < 4.78 is 1.68. The van der Waals surface area contributed by atoms with Gasteiger partial charge in [0.2, 0.25) is 5.91 Å². The fourth-order valence-electron chi connectivity index (χ4n) is 3.30. The van der Waals surface area contributed by atoms with Gasteiger partial charge < -0.3 is 10.6 Å². The second-order valence-electron chi connectivity index (χ2n) is 5.89. The molecule has 0 bridgehead atoms. The maximum absolute atomic E-state index is 12.5. The van der Waals surface area contributed by atoms with Gasteiger partial charge in [0.25, 0.3) is 0 Å². The van der Waals surface area contributed by atoms with E-state index in [1.807, 2.05) is 18.1 Å². The Morgan fingerprint density at radius 2 is 2.25 bits per heavy atom. The standard InChI is InChI=1S/C14H23N5O/c1-17-9-11(8-16-17)13(15)14(20)19-7-6-18-5-3-2-4-12(18)10-19/h8-9,12-13H,2-7,10,15H2,1H3. The molecule has 2 atom stereocenters. The van der Waals surface area contributed by atoms with E-state index in [4.69, 9.17) is 5.73 Å². The average molecular weight is 277 g/mol. The van der Waals surface area contributed by atoms with Crippen LogP contribution in [0.3, 0.4) is 0 Å². The first-order valence-corrected chi connectivity index (χ1v) is 7.42. The molecule has 2 fully saturated rings. The second-order valence-corrected chi connectivity index (χ2v) is 5.89. The molecule has 2 aliphatic rings. The van der Waals surface area contributed by atoms with E-state index in [-0.39, 0.29) is 5.91 Å². The molecule has 2 saturated heterocycles. The van der Waals surface area contributed by atoms with Crippen molar-refractivity contribution in [3.63, 3.8) is 0 Å². The van der Waals surface area contributed by atoms with Crippen molar-refractivity contribution in [3.8, 4) is 0 Å². The number of fused-ring (bicyclic) bond motifs is 1. The van der Waals surface area contributed by atoms with Crippen molar-refractivity contribution in [1.82, 2.24) is 19.6 Å². The van der Waals surface area contributed by atoms with Gasteiger partial charge >= 0.3 is 0 Å². The molecule has 6 heteroatoms. The van der Waals surface area contributed by atoms with Gasteiger partial charge in [-0.1, -0.05) is 6.42 Å². The van der Waals surface area contributed by atoms with Gasteiger partial charge in [0, 0.05) is 44.5 Å². The van der Waals surface area contributed by atoms with Gasteiger partial charge in [-0.15, -0.1) is 0 Å². The van der Waals surface area contributed by atoms with Crippen LogP contribution in [0.15, 0.2) is 12.4 Å². The number of carbonyl (C=O) groups is 1. The Bertz CT molecular complexity index is 486. The SMILES string of the molecule is Cn1cc(C(N)C(=O)N2CCN3CCCCC3C2)cn1. The van der Waals surface area contributed by atoms with Crippen molar-refractivity contribution in [2.45, 2.75) is 31.3 Å². The van der Waals surface area contributed by atoms with Crippen LogP contribution in [-0.2, 0) is 11.8 Å². The zero-order valence-electron chi connectivity index (χ0n) is 12.0. The summed E-state index contributed by atoms with van der Waals surface area (Å²) in [7, 11) is 1.83. The summed E-state index contributed by atoms with van der Waals surface area (Å²) in [6, 6.07) is -0.0543. The molecule has 0 spiro atoms. The molecule has 6 nitrogen and oxygen atoms in total. The zero-order valence-corrected chi connectivity index (χ0v) is 12.0. The van der Waals surface area contributed by atoms with Crippen molar-refractivity contribution < 1.29 is 4.79 Å². The van der Waals surface area contributed by atoms with E-state index in [1.165, 1.54) is 25.8 Å². The molecule has 20 heavy (non-hydrogen) atoms. The van der Waals surface area contributed by atoms with Crippen molar-refractivity contribution in [2.24, 2.45) is 12.8 Å². The molecule has 1 aromatic heterocycles. The molecule has 0 radical (unpaired) electrons. The molecule has 3 rings (SSSR count). The van der Waals surface area contributed by atoms with Crippen LogP contribution < -0.4 is 5.73 Å². The number of rotatable bonds is 2. The Morgan fingerprint density at radius 1 is 1.40 bits per heavy atom. The number of nitrogens with two attached hydrogens (primary N) is 1. The lowest BCUT2D eigenvalue weighted by Crippen LogP contribution is -2.57. The summed E-state index contributed by atoms with van der Waals surface area (Å²) in [6.07, 6.45) is 7.27. The maximum atomic E-state index is 12.5. The largest absolute Gasteiger partial charge is 0.338 e. The molecule has 2 unspecified atom stereocenters. The van der Waals surface area contributed by atoms with Crippen LogP contribution in [0, 0.1) is 0 Å². The number of aromatic nitrogens is 2. The van der Waals surface area contributed by atoms with Crippen LogP contribution in [0.4, 0.5) is 0 Å². The first-order chi connectivity index (χ1) is 9.65. The minimum absolute atomic E-state index is 0.0308. The summed E-state index contributed by atoms with van der Waals surface area (Å²) in [5.41, 5.74) is 6.89. The lowest BCUT2D eigenvalue weighted by Gasteiger charge is -2.44. The third-order valence-corrected chi connectivity index (χ3v) is 4.50. The number of nitrogens with zero attached hydrogens (tertiary/aromatic N) is 4. The molecule has 110 valence electrons. The molecule has 1 aromatic rings. The van der Waals surface area contributed by atoms with Crippen LogP contribution in [0.1, 0.15) is 30.9 Å². The Balaban J connectivity index is 1.65. The molecular weight excluding hydrogens is 254 g/mol. The van der Waals surface area contributed by atoms with Crippen molar-refractivity contribution >= 4 is 5.91 Å². The first-order valence-electron chi connectivity index (χ1n) is 7.42. The summed E-state index contributed by atoms with van der Waals surface area (Å²) in [5, 5.41) is 4.09. The van der Waals surface area contributed by atoms with Gasteiger partial charge in [0.1, 0.15) is 6.04 Å². The number of aryl methyl sites for hydroxylation is 1. The van der Waals surface area contributed by atoms with Crippen LogP contribution in [0.25, 0.3) is 0 Å². The van der Waals surface area contributed by atoms with Gasteiger partial charge in [-0.05, 0) is 19.4 Å². The Hall–Kier alpha value is -1.40. The smallest absolute Gasteiger partial charge is 0.244 e. The first kappa shape index (κ1) is 13.6. The molecule has 0 saturated carbocycles. The Labute approximate surface area is 119 Å². The third-order valence-electron chi connectivity index (χ3n) is 4.50. The van der Waals surface area contributed by atoms with Crippen molar-refractivity contribution in [2.75, 3.05) is 26.2 Å². The van der Waals surface area contributed by atoms with E-state index in [1.54, 1.807) is 10.9 Å². The number of piperazine rings is 1. The van der Waals surface area contributed by atoms with Crippen LogP contribution in [-0.4, -0.2) is 57.7 Å². The molecule has 0 aromatic carbocycles. The van der Waals surface area contributed by atoms with E-state index in [2.05, 4.69) is 10.00 Å². The van der Waals surface area contributed by atoms with Crippen molar-refractivity contribution in [1.29, 1.82) is 0 Å². The zero-order chi connectivity index (χ0) is 14.1. The summed E-state index contributed by atoms with van der Waals surface area (Å²) in [6.45, 7) is 3.79. The van der Waals surface area contributed by atoms with Crippen LogP contribution in [0.2, 0.25) is 0 Å². The maximum Gasteiger partial charge on any atom is 0.244 e. The predicted molar refractivity (Wildman–Crippen MR) is 75.9 cm³/mol. The number of amides is 1. The van der Waals surface area contributed by atoms with E-state index in [0.29, 0.717) is 6.04 Å². The fraction of sp³-hybridized carbons (Fsp3) is 0.714. The van der Waals surface area contributed by atoms with Gasteiger partial charge in [0.05, 0.1) is 6.20 Å². The molecule has 3 heterocycles. The predicted octanol–water partition coefficient (Wildman–Crippen LogP) is 0.117. The average Bonchev–Trinajstić information content (AvgIpc) is 2.92. The molecule has 2 N–H and O–H groups in total. The lowest BCUT2D eigenvalue weighted by atomic mass is 9.99. The topological polar surface area (TPSA) is 67.4 Å². The Morgan fingerprint density at radius 3 is 3.00 bits per heavy atom. The third kappa shape index (κ3) is 2.58. The number of piperidine rings is 1. The number of hydrogen-bond donors (Lipinski definition) is 1. The minimum Gasteiger partial charge on any atom is -0.338 e. The summed E-state index contributed by atoms with van der Waals surface area (Å²) in [5.74, 6) is 0.0308. The minimum atomic E-state index is -0.584. The summed E-state index contributed by atoms with van der Waals surface area (Å²) in [4.78, 5) is 17.0. The van der Waals surface area contributed by atoms with Gasteiger partial charge in [-0.2, -0.15) is 5.10 Å². The number of carbonyl (C=O) groups excluding carboxylic acids is 1. The molecular formula is C14H23N5O. The normalized spacial score (nSPS) is 25.3.